The van der Waals surface area contributed by atoms with Crippen LogP contribution in [0.2, 0.25) is 0 Å². The van der Waals surface area contributed by atoms with Crippen molar-refractivity contribution in [3.63, 3.8) is 0 Å². The first-order chi connectivity index (χ1) is 6.43. The van der Waals surface area contributed by atoms with Gasteiger partial charge in [-0.05, 0) is 29.5 Å². The lowest BCUT2D eigenvalue weighted by Gasteiger charge is -2.00. The zero-order valence-electron chi connectivity index (χ0n) is 7.08. The molecule has 1 rings (SSSR count). The Kier molecular flexibility index (Phi) is 3.14. The molecule has 0 aliphatic heterocycles. The lowest BCUT2D eigenvalue weighted by atomic mass is 10.1. The second kappa shape index (κ2) is 3.99. The third-order valence-electron chi connectivity index (χ3n) is 1.60. The van der Waals surface area contributed by atoms with Crippen LogP contribution in [0.1, 0.15) is 17.3 Å². The normalized spacial score (nSPS) is 9.93. The fourth-order valence-electron chi connectivity index (χ4n) is 0.936. The average Bonchev–Trinajstić information content (AvgIpc) is 2.08. The molecule has 4 nitrogen and oxygen atoms in total. The molecule has 1 aromatic carbocycles. The molecule has 0 aliphatic carbocycles. The Balaban J connectivity index is 3.43. The molecule has 0 saturated carbocycles. The number of hydrogen-bond acceptors (Lipinski definition) is 3. The number of rotatable bonds is 2. The molecule has 0 amide bonds. The van der Waals surface area contributed by atoms with E-state index < -0.39 is 16.5 Å². The van der Waals surface area contributed by atoms with Crippen molar-refractivity contribution in [3.05, 3.63) is 37.2 Å². The van der Waals surface area contributed by atoms with Crippen LogP contribution in [-0.4, -0.2) is 10.7 Å². The van der Waals surface area contributed by atoms with E-state index in [-0.39, 0.29) is 14.8 Å². The van der Waals surface area contributed by atoms with E-state index >= 15 is 0 Å². The lowest BCUT2D eigenvalue weighted by Crippen LogP contribution is -2.01. The molecular formula is C8H5FINO3. The zero-order chi connectivity index (χ0) is 10.9. The second-order valence-electron chi connectivity index (χ2n) is 2.60. The molecule has 0 atom stereocenters. The van der Waals surface area contributed by atoms with Gasteiger partial charge in [-0.3, -0.25) is 14.9 Å². The molecule has 0 saturated heterocycles. The summed E-state index contributed by atoms with van der Waals surface area (Å²) in [5.41, 5.74) is -0.524. The summed E-state index contributed by atoms with van der Waals surface area (Å²) < 4.78 is 13.3. The Morgan fingerprint density at radius 3 is 2.57 bits per heavy atom. The van der Waals surface area contributed by atoms with E-state index in [1.165, 1.54) is 0 Å². The minimum Gasteiger partial charge on any atom is -0.294 e. The van der Waals surface area contributed by atoms with Gasteiger partial charge in [0.15, 0.2) is 5.78 Å². The molecule has 0 bridgehead atoms. The summed E-state index contributed by atoms with van der Waals surface area (Å²) >= 11 is 1.61. The van der Waals surface area contributed by atoms with Crippen molar-refractivity contribution < 1.29 is 14.1 Å². The van der Waals surface area contributed by atoms with E-state index in [0.29, 0.717) is 0 Å². The Morgan fingerprint density at radius 2 is 2.14 bits per heavy atom. The van der Waals surface area contributed by atoms with Gasteiger partial charge in [-0.2, -0.15) is 0 Å². The molecule has 0 heterocycles. The SMILES string of the molecule is CC(=O)c1cc([N+](=O)[O-])cc(I)c1F. The van der Waals surface area contributed by atoms with Gasteiger partial charge in [0.05, 0.1) is 14.1 Å². The summed E-state index contributed by atoms with van der Waals surface area (Å²) in [6, 6.07) is 2.03. The number of ketones is 1. The van der Waals surface area contributed by atoms with Gasteiger partial charge in [0.25, 0.3) is 5.69 Å². The van der Waals surface area contributed by atoms with E-state index in [2.05, 4.69) is 0 Å². The Hall–Kier alpha value is -1.05. The molecule has 0 aliphatic rings. The summed E-state index contributed by atoms with van der Waals surface area (Å²) in [6.45, 7) is 1.16. The third-order valence-corrected chi connectivity index (χ3v) is 2.39. The van der Waals surface area contributed by atoms with Crippen LogP contribution < -0.4 is 0 Å². The maximum atomic E-state index is 13.2. The highest BCUT2D eigenvalue weighted by atomic mass is 127. The van der Waals surface area contributed by atoms with Crippen LogP contribution in [0.5, 0.6) is 0 Å². The van der Waals surface area contributed by atoms with Gasteiger partial charge >= 0.3 is 0 Å². The summed E-state index contributed by atoms with van der Waals surface area (Å²) in [4.78, 5) is 20.7. The maximum absolute atomic E-state index is 13.2. The molecule has 6 heteroatoms. The number of carbonyl (C=O) groups is 1. The number of benzene rings is 1. The predicted molar refractivity (Wildman–Crippen MR) is 55.8 cm³/mol. The number of carbonyl (C=O) groups excluding carboxylic acids is 1. The minimum atomic E-state index is -0.705. The second-order valence-corrected chi connectivity index (χ2v) is 3.76. The Labute approximate surface area is 92.4 Å². The third kappa shape index (κ3) is 2.06. The van der Waals surface area contributed by atoms with E-state index in [9.17, 15) is 19.3 Å². The number of hydrogen-bond donors (Lipinski definition) is 0. The lowest BCUT2D eigenvalue weighted by molar-refractivity contribution is -0.385. The highest BCUT2D eigenvalue weighted by Gasteiger charge is 2.17. The topological polar surface area (TPSA) is 60.2 Å². The summed E-state index contributed by atoms with van der Waals surface area (Å²) in [5, 5.41) is 10.4. The van der Waals surface area contributed by atoms with Gasteiger partial charge in [-0.1, -0.05) is 0 Å². The van der Waals surface area contributed by atoms with Crippen molar-refractivity contribution in [3.8, 4) is 0 Å². The van der Waals surface area contributed by atoms with Crippen LogP contribution in [0.4, 0.5) is 10.1 Å². The number of halogens is 2. The van der Waals surface area contributed by atoms with Crippen LogP contribution in [0.15, 0.2) is 12.1 Å². The van der Waals surface area contributed by atoms with Gasteiger partial charge in [-0.15, -0.1) is 0 Å². The Morgan fingerprint density at radius 1 is 1.57 bits per heavy atom. The fourth-order valence-corrected chi connectivity index (χ4v) is 1.55. The standard InChI is InChI=1S/C8H5FINO3/c1-4(12)6-2-5(11(13)14)3-7(10)8(6)9/h2-3H,1H3. The quantitative estimate of drug-likeness (QED) is 0.365. The molecule has 0 spiro atoms. The number of nitro groups is 1. The zero-order valence-corrected chi connectivity index (χ0v) is 9.24. The maximum Gasteiger partial charge on any atom is 0.271 e. The van der Waals surface area contributed by atoms with Gasteiger partial charge in [0.2, 0.25) is 0 Å². The molecular weight excluding hydrogens is 304 g/mol. The monoisotopic (exact) mass is 309 g/mol. The van der Waals surface area contributed by atoms with Crippen molar-refractivity contribution in [2.75, 3.05) is 0 Å². The predicted octanol–water partition coefficient (Wildman–Crippen LogP) is 2.54. The van der Waals surface area contributed by atoms with Gasteiger partial charge in [-0.25, -0.2) is 4.39 Å². The summed E-state index contributed by atoms with van der Waals surface area (Å²) in [7, 11) is 0. The highest BCUT2D eigenvalue weighted by molar-refractivity contribution is 14.1. The van der Waals surface area contributed by atoms with Crippen molar-refractivity contribution in [2.24, 2.45) is 0 Å². The number of nitrogens with zero attached hydrogens (tertiary/aromatic N) is 1. The highest BCUT2D eigenvalue weighted by Crippen LogP contribution is 2.23. The van der Waals surface area contributed by atoms with Crippen molar-refractivity contribution in [1.29, 1.82) is 0 Å². The molecule has 0 aromatic heterocycles. The summed E-state index contributed by atoms with van der Waals surface area (Å²) in [6.07, 6.45) is 0. The van der Waals surface area contributed by atoms with E-state index in [4.69, 9.17) is 0 Å². The van der Waals surface area contributed by atoms with E-state index in [0.717, 1.165) is 19.1 Å². The first kappa shape index (κ1) is 11.0. The van der Waals surface area contributed by atoms with E-state index in [1.807, 2.05) is 0 Å². The van der Waals surface area contributed by atoms with Crippen LogP contribution in [0, 0.1) is 19.5 Å². The number of Topliss-reactive ketones (excluding diaryl/α,β-unsaturated/α-hetero) is 1. The van der Waals surface area contributed by atoms with Crippen LogP contribution >= 0.6 is 22.6 Å². The van der Waals surface area contributed by atoms with E-state index in [1.54, 1.807) is 22.6 Å². The Bertz CT molecular complexity index is 419. The molecule has 1 aromatic rings. The van der Waals surface area contributed by atoms with Crippen LogP contribution in [0.3, 0.4) is 0 Å². The molecule has 74 valence electrons. The van der Waals surface area contributed by atoms with Gasteiger partial charge in [0, 0.05) is 12.1 Å². The first-order valence-corrected chi connectivity index (χ1v) is 4.65. The van der Waals surface area contributed by atoms with Crippen LogP contribution in [0.25, 0.3) is 0 Å². The molecule has 0 radical (unpaired) electrons. The molecule has 0 N–H and O–H groups in total. The average molecular weight is 309 g/mol. The molecule has 14 heavy (non-hydrogen) atoms. The van der Waals surface area contributed by atoms with Crippen molar-refractivity contribution in [1.82, 2.24) is 0 Å². The molecule has 0 fully saturated rings. The van der Waals surface area contributed by atoms with Crippen molar-refractivity contribution in [2.45, 2.75) is 6.92 Å². The minimum absolute atomic E-state index is 0.0713. The van der Waals surface area contributed by atoms with Crippen LogP contribution in [-0.2, 0) is 0 Å². The van der Waals surface area contributed by atoms with Gasteiger partial charge in [0.1, 0.15) is 5.82 Å². The summed E-state index contributed by atoms with van der Waals surface area (Å²) in [5.74, 6) is -1.23. The smallest absolute Gasteiger partial charge is 0.271 e. The number of nitro benzene ring substituents is 1. The first-order valence-electron chi connectivity index (χ1n) is 3.58. The van der Waals surface area contributed by atoms with Crippen molar-refractivity contribution >= 4 is 34.1 Å². The fraction of sp³-hybridized carbons (Fsp3) is 0.125. The largest absolute Gasteiger partial charge is 0.294 e. The van der Waals surface area contributed by atoms with Gasteiger partial charge < -0.3 is 0 Å². The number of non-ortho nitro benzene ring substituents is 1. The molecule has 0 unspecified atom stereocenters.